The van der Waals surface area contributed by atoms with Crippen LogP contribution in [0, 0.1) is 0 Å². The zero-order valence-electron chi connectivity index (χ0n) is 14.8. The van der Waals surface area contributed by atoms with E-state index in [-0.39, 0.29) is 17.3 Å². The molecule has 3 aromatic rings. The van der Waals surface area contributed by atoms with Crippen LogP contribution in [0.3, 0.4) is 0 Å². The number of carbonyl (C=O) groups excluding carboxylic acids is 1. The summed E-state index contributed by atoms with van der Waals surface area (Å²) in [5.41, 5.74) is 21.3. The number of primary amides is 1. The summed E-state index contributed by atoms with van der Waals surface area (Å²) in [6.45, 7) is 0.782. The lowest BCUT2D eigenvalue weighted by molar-refractivity contribution is 0.0999. The Morgan fingerprint density at radius 3 is 2.67 bits per heavy atom. The van der Waals surface area contributed by atoms with Crippen LogP contribution in [0.5, 0.6) is 5.75 Å². The van der Waals surface area contributed by atoms with Gasteiger partial charge >= 0.3 is 0 Å². The molecule has 1 aliphatic heterocycles. The van der Waals surface area contributed by atoms with Crippen LogP contribution in [0.25, 0.3) is 0 Å². The molecule has 4 rings (SSSR count). The van der Waals surface area contributed by atoms with Crippen LogP contribution in [0.2, 0.25) is 0 Å². The second-order valence-corrected chi connectivity index (χ2v) is 6.69. The van der Waals surface area contributed by atoms with Crippen LogP contribution in [0.15, 0.2) is 48.5 Å². The minimum absolute atomic E-state index is 0.0981. The van der Waals surface area contributed by atoms with Crippen molar-refractivity contribution in [2.75, 3.05) is 18.1 Å². The Bertz CT molecular complexity index is 1010. The maximum absolute atomic E-state index is 12.1. The highest BCUT2D eigenvalue weighted by Gasteiger charge is 2.30. The molecule has 2 heterocycles. The SMILES string of the molecule is NC(=O)c1c(C2COc3ccccc3C2)nn(Cc2ccccc2N)c1N. The number of hydrogen-bond donors (Lipinski definition) is 3. The third-order valence-electron chi connectivity index (χ3n) is 4.91. The normalized spacial score (nSPS) is 15.8. The number of para-hydroxylation sites is 2. The number of nitrogens with two attached hydrogens (primary N) is 3. The van der Waals surface area contributed by atoms with Gasteiger partial charge in [-0.1, -0.05) is 36.4 Å². The van der Waals surface area contributed by atoms with Crippen molar-refractivity contribution in [1.82, 2.24) is 9.78 Å². The number of aromatic nitrogens is 2. The predicted molar refractivity (Wildman–Crippen MR) is 103 cm³/mol. The van der Waals surface area contributed by atoms with Crippen LogP contribution >= 0.6 is 0 Å². The molecule has 1 aromatic heterocycles. The second kappa shape index (κ2) is 6.68. The number of nitrogens with zero attached hydrogens (tertiary/aromatic N) is 2. The number of ether oxygens (including phenoxy) is 1. The van der Waals surface area contributed by atoms with Crippen molar-refractivity contribution in [3.8, 4) is 5.75 Å². The number of fused-ring (bicyclic) bond motifs is 1. The van der Waals surface area contributed by atoms with E-state index in [1.807, 2.05) is 48.5 Å². The topological polar surface area (TPSA) is 122 Å². The van der Waals surface area contributed by atoms with Crippen LogP contribution in [0.4, 0.5) is 11.5 Å². The highest BCUT2D eigenvalue weighted by Crippen LogP contribution is 2.34. The first-order valence-electron chi connectivity index (χ1n) is 8.74. The fourth-order valence-electron chi connectivity index (χ4n) is 3.50. The van der Waals surface area contributed by atoms with E-state index in [0.717, 1.165) is 16.9 Å². The quantitative estimate of drug-likeness (QED) is 0.611. The molecule has 1 unspecified atom stereocenters. The molecule has 0 aliphatic carbocycles. The van der Waals surface area contributed by atoms with Crippen molar-refractivity contribution in [1.29, 1.82) is 0 Å². The lowest BCUT2D eigenvalue weighted by atomic mass is 9.92. The van der Waals surface area contributed by atoms with Gasteiger partial charge in [-0.25, -0.2) is 4.68 Å². The Morgan fingerprint density at radius 1 is 1.15 bits per heavy atom. The number of nitrogen functional groups attached to an aromatic ring is 2. The van der Waals surface area contributed by atoms with Gasteiger partial charge in [0, 0.05) is 11.6 Å². The van der Waals surface area contributed by atoms with Gasteiger partial charge in [0.2, 0.25) is 0 Å². The molecule has 138 valence electrons. The lowest BCUT2D eigenvalue weighted by Gasteiger charge is -2.24. The third kappa shape index (κ3) is 3.08. The molecular weight excluding hydrogens is 342 g/mol. The molecule has 7 heteroatoms. The molecule has 1 amide bonds. The molecule has 0 bridgehead atoms. The van der Waals surface area contributed by atoms with Gasteiger partial charge in [0.15, 0.2) is 0 Å². The fraction of sp³-hybridized carbons (Fsp3) is 0.200. The average Bonchev–Trinajstić information content (AvgIpc) is 3.00. The Labute approximate surface area is 156 Å². The summed E-state index contributed by atoms with van der Waals surface area (Å²) in [5.74, 6) is 0.422. The van der Waals surface area contributed by atoms with Crippen molar-refractivity contribution in [2.24, 2.45) is 5.73 Å². The first-order valence-corrected chi connectivity index (χ1v) is 8.74. The number of anilines is 2. The summed E-state index contributed by atoms with van der Waals surface area (Å²) in [6.07, 6.45) is 0.709. The van der Waals surface area contributed by atoms with Gasteiger partial charge in [0.05, 0.1) is 18.8 Å². The summed E-state index contributed by atoms with van der Waals surface area (Å²) in [7, 11) is 0. The smallest absolute Gasteiger partial charge is 0.254 e. The highest BCUT2D eigenvalue weighted by atomic mass is 16.5. The van der Waals surface area contributed by atoms with Crippen LogP contribution in [0.1, 0.15) is 33.1 Å². The Balaban J connectivity index is 1.71. The molecule has 6 N–H and O–H groups in total. The average molecular weight is 363 g/mol. The van der Waals surface area contributed by atoms with E-state index >= 15 is 0 Å². The van der Waals surface area contributed by atoms with Crippen LogP contribution in [-0.2, 0) is 13.0 Å². The molecule has 0 saturated heterocycles. The minimum atomic E-state index is -0.589. The van der Waals surface area contributed by atoms with E-state index in [0.29, 0.717) is 31.0 Å². The molecule has 0 radical (unpaired) electrons. The summed E-state index contributed by atoms with van der Waals surface area (Å²) in [5, 5.41) is 4.62. The molecule has 1 atom stereocenters. The van der Waals surface area contributed by atoms with Gasteiger partial charge < -0.3 is 21.9 Å². The Hall–Kier alpha value is -3.48. The Morgan fingerprint density at radius 2 is 1.89 bits per heavy atom. The van der Waals surface area contributed by atoms with Gasteiger partial charge in [0.25, 0.3) is 5.91 Å². The molecule has 0 saturated carbocycles. The second-order valence-electron chi connectivity index (χ2n) is 6.69. The molecule has 7 nitrogen and oxygen atoms in total. The van der Waals surface area contributed by atoms with E-state index in [1.54, 1.807) is 4.68 Å². The summed E-state index contributed by atoms with van der Waals surface area (Å²) >= 11 is 0. The summed E-state index contributed by atoms with van der Waals surface area (Å²) in [4.78, 5) is 12.1. The maximum atomic E-state index is 12.1. The van der Waals surface area contributed by atoms with Gasteiger partial charge in [-0.3, -0.25) is 4.79 Å². The van der Waals surface area contributed by atoms with E-state index in [4.69, 9.17) is 21.9 Å². The summed E-state index contributed by atoms with van der Waals surface area (Å²) < 4.78 is 7.43. The van der Waals surface area contributed by atoms with E-state index in [9.17, 15) is 4.79 Å². The number of amides is 1. The zero-order chi connectivity index (χ0) is 19.0. The third-order valence-corrected chi connectivity index (χ3v) is 4.91. The number of benzene rings is 2. The molecule has 27 heavy (non-hydrogen) atoms. The van der Waals surface area contributed by atoms with Gasteiger partial charge in [-0.15, -0.1) is 0 Å². The molecular formula is C20H21N5O2. The monoisotopic (exact) mass is 363 g/mol. The van der Waals surface area contributed by atoms with Crippen LogP contribution < -0.4 is 21.9 Å². The van der Waals surface area contributed by atoms with Crippen molar-refractivity contribution in [3.05, 3.63) is 70.9 Å². The fourth-order valence-corrected chi connectivity index (χ4v) is 3.50. The van der Waals surface area contributed by atoms with E-state index < -0.39 is 5.91 Å². The Kier molecular flexibility index (Phi) is 4.19. The predicted octanol–water partition coefficient (Wildman–Crippen LogP) is 1.91. The largest absolute Gasteiger partial charge is 0.493 e. The van der Waals surface area contributed by atoms with Crippen molar-refractivity contribution in [3.63, 3.8) is 0 Å². The van der Waals surface area contributed by atoms with Gasteiger partial charge in [-0.05, 0) is 29.7 Å². The number of carbonyl (C=O) groups is 1. The molecule has 1 aliphatic rings. The molecule has 2 aromatic carbocycles. The van der Waals surface area contributed by atoms with Gasteiger partial charge in [-0.2, -0.15) is 5.10 Å². The molecule has 0 fully saturated rings. The summed E-state index contributed by atoms with van der Waals surface area (Å²) in [6, 6.07) is 15.3. The van der Waals surface area contributed by atoms with E-state index in [1.165, 1.54) is 0 Å². The van der Waals surface area contributed by atoms with Gasteiger partial charge in [0.1, 0.15) is 17.1 Å². The number of rotatable bonds is 4. The first-order chi connectivity index (χ1) is 13.0. The highest BCUT2D eigenvalue weighted by molar-refractivity contribution is 5.98. The maximum Gasteiger partial charge on any atom is 0.254 e. The van der Waals surface area contributed by atoms with Crippen molar-refractivity contribution < 1.29 is 9.53 Å². The van der Waals surface area contributed by atoms with Crippen molar-refractivity contribution in [2.45, 2.75) is 18.9 Å². The molecule has 0 spiro atoms. The van der Waals surface area contributed by atoms with Crippen LogP contribution in [-0.4, -0.2) is 22.3 Å². The standard InChI is InChI=1S/C20H21N5O2/c21-15-7-3-1-6-13(15)10-25-19(22)17(20(23)26)18(24-25)14-9-12-5-2-4-8-16(12)27-11-14/h1-8,14H,9-11,21-22H2,(H2,23,26). The zero-order valence-corrected chi connectivity index (χ0v) is 14.8. The minimum Gasteiger partial charge on any atom is -0.493 e. The van der Waals surface area contributed by atoms with E-state index in [2.05, 4.69) is 5.10 Å². The first kappa shape index (κ1) is 17.0. The lowest BCUT2D eigenvalue weighted by Crippen LogP contribution is -2.23. The number of hydrogen-bond acceptors (Lipinski definition) is 5. The van der Waals surface area contributed by atoms with Crippen molar-refractivity contribution >= 4 is 17.4 Å².